The van der Waals surface area contributed by atoms with E-state index in [0.717, 1.165) is 24.2 Å². The van der Waals surface area contributed by atoms with Gasteiger partial charge in [0, 0.05) is 18.7 Å². The van der Waals surface area contributed by atoms with Crippen molar-refractivity contribution in [3.63, 3.8) is 0 Å². The summed E-state index contributed by atoms with van der Waals surface area (Å²) in [5.74, 6) is 0.655. The van der Waals surface area contributed by atoms with E-state index in [-0.39, 0.29) is 24.4 Å². The van der Waals surface area contributed by atoms with Crippen LogP contribution in [0.15, 0.2) is 35.0 Å². The summed E-state index contributed by atoms with van der Waals surface area (Å²) in [6.45, 7) is 0.498. The van der Waals surface area contributed by atoms with Crippen molar-refractivity contribution >= 4 is 6.09 Å². The van der Waals surface area contributed by atoms with Crippen LogP contribution in [0.25, 0.3) is 11.5 Å². The lowest BCUT2D eigenvalue weighted by molar-refractivity contribution is -0.129. The Labute approximate surface area is 133 Å². The second kappa shape index (κ2) is 6.00. The number of alkyl carbamates (subject to hydrolysis) is 1. The van der Waals surface area contributed by atoms with Crippen molar-refractivity contribution in [2.24, 2.45) is 0 Å². The molecular weight excluding hydrogens is 298 g/mol. The van der Waals surface area contributed by atoms with Crippen LogP contribution in [-0.4, -0.2) is 41.1 Å². The molecule has 2 aromatic heterocycles. The summed E-state index contributed by atoms with van der Waals surface area (Å²) in [4.78, 5) is 15.5. The Hall–Kier alpha value is -2.41. The van der Waals surface area contributed by atoms with Crippen molar-refractivity contribution in [1.29, 1.82) is 0 Å². The molecule has 2 aromatic rings. The number of nitrogens with one attached hydrogen (secondary N) is 1. The zero-order chi connectivity index (χ0) is 15.6. The fourth-order valence-electron chi connectivity index (χ4n) is 3.04. The van der Waals surface area contributed by atoms with Gasteiger partial charge in [0.2, 0.25) is 0 Å². The monoisotopic (exact) mass is 315 g/mol. The topological polar surface area (TPSA) is 86.5 Å². The summed E-state index contributed by atoms with van der Waals surface area (Å²) in [7, 11) is 0. The van der Waals surface area contributed by atoms with Gasteiger partial charge in [0.15, 0.2) is 5.76 Å². The van der Waals surface area contributed by atoms with Crippen LogP contribution in [0.3, 0.4) is 0 Å². The van der Waals surface area contributed by atoms with Gasteiger partial charge >= 0.3 is 6.09 Å². The van der Waals surface area contributed by atoms with Crippen molar-refractivity contribution in [2.45, 2.75) is 37.6 Å². The zero-order valence-corrected chi connectivity index (χ0v) is 12.5. The van der Waals surface area contributed by atoms with E-state index in [1.165, 1.54) is 0 Å². The Bertz CT molecular complexity index is 688. The first kappa shape index (κ1) is 14.2. The molecule has 7 nitrogen and oxygen atoms in total. The molecule has 1 amide bonds. The predicted octanol–water partition coefficient (Wildman–Crippen LogP) is 1.94. The van der Waals surface area contributed by atoms with Crippen LogP contribution in [0.4, 0.5) is 4.79 Å². The fourth-order valence-corrected chi connectivity index (χ4v) is 3.04. The Morgan fingerprint density at radius 1 is 1.26 bits per heavy atom. The Kier molecular flexibility index (Phi) is 3.70. The number of fused-ring (bicyclic) bond motifs is 1. The molecule has 2 aliphatic heterocycles. The summed E-state index contributed by atoms with van der Waals surface area (Å²) < 4.78 is 16.6. The average Bonchev–Trinajstić information content (AvgIpc) is 3.04. The fraction of sp³-hybridized carbons (Fsp3) is 0.438. The van der Waals surface area contributed by atoms with Gasteiger partial charge in [0.25, 0.3) is 0 Å². The van der Waals surface area contributed by atoms with E-state index >= 15 is 0 Å². The number of aromatic nitrogens is 2. The highest BCUT2D eigenvalue weighted by Crippen LogP contribution is 2.27. The molecule has 0 bridgehead atoms. The lowest BCUT2D eigenvalue weighted by Crippen LogP contribution is -2.53. The maximum absolute atomic E-state index is 11.2. The van der Waals surface area contributed by atoms with E-state index in [2.05, 4.69) is 15.5 Å². The molecule has 3 atom stereocenters. The first-order valence-electron chi connectivity index (χ1n) is 7.75. The first-order valence-corrected chi connectivity index (χ1v) is 7.75. The standard InChI is InChI=1S/C16H17N3O4/c20-16-18-9-15-13(22-16)5-4-11(21-15)7-10-8-14(23-19-10)12-3-1-2-6-17-12/h1-3,6,8,11,13,15H,4-5,7,9H2,(H,18,20). The summed E-state index contributed by atoms with van der Waals surface area (Å²) in [5, 5.41) is 6.77. The van der Waals surface area contributed by atoms with Gasteiger partial charge in [-0.05, 0) is 25.0 Å². The maximum Gasteiger partial charge on any atom is 0.407 e. The molecular formula is C16H17N3O4. The Morgan fingerprint density at radius 3 is 3.09 bits per heavy atom. The number of pyridine rings is 1. The lowest BCUT2D eigenvalue weighted by atomic mass is 9.97. The largest absolute Gasteiger partial charge is 0.443 e. The quantitative estimate of drug-likeness (QED) is 0.931. The van der Waals surface area contributed by atoms with E-state index in [9.17, 15) is 4.79 Å². The van der Waals surface area contributed by atoms with Crippen molar-refractivity contribution in [3.8, 4) is 11.5 Å². The zero-order valence-electron chi connectivity index (χ0n) is 12.5. The van der Waals surface area contributed by atoms with E-state index in [4.69, 9.17) is 14.0 Å². The lowest BCUT2D eigenvalue weighted by Gasteiger charge is -2.38. The number of hydrogen-bond donors (Lipinski definition) is 1. The number of amides is 1. The van der Waals surface area contributed by atoms with Crippen LogP contribution in [0.5, 0.6) is 0 Å². The molecule has 0 aliphatic carbocycles. The third-order valence-corrected chi connectivity index (χ3v) is 4.17. The minimum absolute atomic E-state index is 0.0523. The molecule has 23 heavy (non-hydrogen) atoms. The molecule has 0 spiro atoms. The summed E-state index contributed by atoms with van der Waals surface area (Å²) in [6.07, 6.45) is 3.51. The van der Waals surface area contributed by atoms with E-state index in [1.807, 2.05) is 24.3 Å². The Balaban J connectivity index is 1.40. The number of hydrogen-bond acceptors (Lipinski definition) is 6. The van der Waals surface area contributed by atoms with Crippen LogP contribution in [0.2, 0.25) is 0 Å². The minimum Gasteiger partial charge on any atom is -0.443 e. The molecule has 0 aromatic carbocycles. The molecule has 0 saturated carbocycles. The number of rotatable bonds is 3. The van der Waals surface area contributed by atoms with Gasteiger partial charge in [0.1, 0.15) is 17.9 Å². The SMILES string of the molecule is O=C1NCC2OC(Cc3cc(-c4ccccn4)on3)CCC2O1. The molecule has 2 aliphatic rings. The Morgan fingerprint density at radius 2 is 2.22 bits per heavy atom. The van der Waals surface area contributed by atoms with Gasteiger partial charge in [-0.25, -0.2) is 4.79 Å². The van der Waals surface area contributed by atoms with Gasteiger partial charge in [-0.1, -0.05) is 11.2 Å². The predicted molar refractivity (Wildman–Crippen MR) is 79.6 cm³/mol. The van der Waals surface area contributed by atoms with Crippen molar-refractivity contribution in [3.05, 3.63) is 36.2 Å². The van der Waals surface area contributed by atoms with Crippen LogP contribution in [-0.2, 0) is 15.9 Å². The molecule has 2 fully saturated rings. The number of ether oxygens (including phenoxy) is 2. The number of carbonyl (C=O) groups is 1. The highest BCUT2D eigenvalue weighted by Gasteiger charge is 2.37. The number of nitrogens with zero attached hydrogens (tertiary/aromatic N) is 2. The second-order valence-corrected chi connectivity index (χ2v) is 5.80. The molecule has 7 heteroatoms. The summed E-state index contributed by atoms with van der Waals surface area (Å²) in [5.41, 5.74) is 1.61. The van der Waals surface area contributed by atoms with E-state index in [1.54, 1.807) is 6.20 Å². The second-order valence-electron chi connectivity index (χ2n) is 5.80. The average molecular weight is 315 g/mol. The van der Waals surface area contributed by atoms with Crippen molar-refractivity contribution in [1.82, 2.24) is 15.5 Å². The molecule has 1 N–H and O–H groups in total. The van der Waals surface area contributed by atoms with E-state index < -0.39 is 0 Å². The van der Waals surface area contributed by atoms with Crippen LogP contribution in [0, 0.1) is 0 Å². The van der Waals surface area contributed by atoms with E-state index in [0.29, 0.717) is 18.7 Å². The summed E-state index contributed by atoms with van der Waals surface area (Å²) in [6, 6.07) is 7.55. The van der Waals surface area contributed by atoms with Crippen LogP contribution < -0.4 is 5.32 Å². The normalized spacial score (nSPS) is 27.0. The third-order valence-electron chi connectivity index (χ3n) is 4.17. The highest BCUT2D eigenvalue weighted by molar-refractivity contribution is 5.68. The van der Waals surface area contributed by atoms with Gasteiger partial charge in [-0.2, -0.15) is 0 Å². The third kappa shape index (κ3) is 3.05. The van der Waals surface area contributed by atoms with Gasteiger partial charge in [-0.15, -0.1) is 0 Å². The maximum atomic E-state index is 11.2. The van der Waals surface area contributed by atoms with Crippen LogP contribution in [0.1, 0.15) is 18.5 Å². The molecule has 2 saturated heterocycles. The van der Waals surface area contributed by atoms with Gasteiger partial charge in [-0.3, -0.25) is 4.98 Å². The van der Waals surface area contributed by atoms with Gasteiger partial charge < -0.3 is 19.3 Å². The molecule has 3 unspecified atom stereocenters. The summed E-state index contributed by atoms with van der Waals surface area (Å²) >= 11 is 0. The molecule has 120 valence electrons. The number of carbonyl (C=O) groups excluding carboxylic acids is 1. The van der Waals surface area contributed by atoms with Crippen molar-refractivity contribution < 1.29 is 18.8 Å². The van der Waals surface area contributed by atoms with Crippen molar-refractivity contribution in [2.75, 3.05) is 6.54 Å². The molecule has 4 heterocycles. The van der Waals surface area contributed by atoms with Gasteiger partial charge in [0.05, 0.1) is 18.3 Å². The molecule has 4 rings (SSSR count). The first-order chi connectivity index (χ1) is 11.3. The smallest absolute Gasteiger partial charge is 0.407 e. The minimum atomic E-state index is -0.357. The highest BCUT2D eigenvalue weighted by atomic mass is 16.6. The van der Waals surface area contributed by atoms with Crippen LogP contribution >= 0.6 is 0 Å². The molecule has 0 radical (unpaired) electrons.